The molecule has 0 saturated carbocycles. The molecule has 0 aliphatic rings. The molecule has 104 valence electrons. The molecule has 1 atom stereocenters. The van der Waals surface area contributed by atoms with Gasteiger partial charge in [-0.25, -0.2) is 4.79 Å². The number of carboxylic acid groups (broad SMARTS) is 1. The molecule has 1 amide bonds. The highest BCUT2D eigenvalue weighted by Gasteiger charge is 2.10. The van der Waals surface area contributed by atoms with Gasteiger partial charge >= 0.3 is 6.09 Å². The second-order valence-corrected chi connectivity index (χ2v) is 4.60. The third kappa shape index (κ3) is 3.83. The van der Waals surface area contributed by atoms with E-state index >= 15 is 0 Å². The van der Waals surface area contributed by atoms with Crippen LogP contribution in [0.15, 0.2) is 54.6 Å². The lowest BCUT2D eigenvalue weighted by Crippen LogP contribution is -2.38. The fourth-order valence-corrected chi connectivity index (χ4v) is 2.08. The maximum Gasteiger partial charge on any atom is 0.404 e. The normalized spacial score (nSPS) is 11.8. The minimum Gasteiger partial charge on any atom is -0.465 e. The molecule has 0 fully saturated rings. The van der Waals surface area contributed by atoms with Gasteiger partial charge in [-0.2, -0.15) is 0 Å². The number of carbonyl (C=O) groups is 1. The van der Waals surface area contributed by atoms with Crippen molar-refractivity contribution in [3.05, 3.63) is 60.2 Å². The molecule has 2 aromatic carbocycles. The number of hydrogen-bond donors (Lipinski definition) is 3. The van der Waals surface area contributed by atoms with Crippen molar-refractivity contribution in [3.63, 3.8) is 0 Å². The van der Waals surface area contributed by atoms with Crippen molar-refractivity contribution in [3.8, 4) is 11.1 Å². The van der Waals surface area contributed by atoms with Crippen molar-refractivity contribution in [2.45, 2.75) is 12.5 Å². The Balaban J connectivity index is 2.06. The molecule has 0 radical (unpaired) electrons. The van der Waals surface area contributed by atoms with Crippen LogP contribution in [0.1, 0.15) is 5.56 Å². The highest BCUT2D eigenvalue weighted by molar-refractivity contribution is 5.65. The van der Waals surface area contributed by atoms with Crippen LogP contribution in [0.3, 0.4) is 0 Å². The zero-order valence-electron chi connectivity index (χ0n) is 11.0. The van der Waals surface area contributed by atoms with Crippen LogP contribution < -0.4 is 5.32 Å². The van der Waals surface area contributed by atoms with Gasteiger partial charge in [0.15, 0.2) is 0 Å². The predicted octanol–water partition coefficient (Wildman–Crippen LogP) is 2.52. The van der Waals surface area contributed by atoms with Crippen LogP contribution >= 0.6 is 0 Å². The number of hydrogen-bond acceptors (Lipinski definition) is 2. The fourth-order valence-electron chi connectivity index (χ4n) is 2.08. The highest BCUT2D eigenvalue weighted by atomic mass is 16.4. The van der Waals surface area contributed by atoms with Crippen LogP contribution in [-0.2, 0) is 6.42 Å². The van der Waals surface area contributed by atoms with Crippen LogP contribution in [0.4, 0.5) is 4.79 Å². The van der Waals surface area contributed by atoms with E-state index in [4.69, 9.17) is 10.2 Å². The molecule has 0 bridgehead atoms. The first-order chi connectivity index (χ1) is 9.69. The minimum atomic E-state index is -1.12. The van der Waals surface area contributed by atoms with Gasteiger partial charge in [0.2, 0.25) is 0 Å². The number of aliphatic hydroxyl groups is 1. The molecular formula is C16H17NO3. The summed E-state index contributed by atoms with van der Waals surface area (Å²) in [6, 6.07) is 17.5. The van der Waals surface area contributed by atoms with E-state index in [1.54, 1.807) is 0 Å². The van der Waals surface area contributed by atoms with Gasteiger partial charge in [0.25, 0.3) is 0 Å². The number of nitrogens with one attached hydrogen (secondary N) is 1. The molecule has 20 heavy (non-hydrogen) atoms. The second kappa shape index (κ2) is 6.73. The summed E-state index contributed by atoms with van der Waals surface area (Å²) in [5.41, 5.74) is 3.24. The second-order valence-electron chi connectivity index (χ2n) is 4.60. The SMILES string of the molecule is O=C(O)N[C@@H](CO)Cc1ccc(-c2ccccc2)cc1. The van der Waals surface area contributed by atoms with Crippen molar-refractivity contribution < 1.29 is 15.0 Å². The van der Waals surface area contributed by atoms with Crippen molar-refractivity contribution in [1.82, 2.24) is 5.32 Å². The first-order valence-electron chi connectivity index (χ1n) is 6.43. The number of aliphatic hydroxyl groups excluding tert-OH is 1. The van der Waals surface area contributed by atoms with Gasteiger partial charge in [0, 0.05) is 0 Å². The number of rotatable bonds is 5. The van der Waals surface area contributed by atoms with E-state index in [1.165, 1.54) is 0 Å². The lowest BCUT2D eigenvalue weighted by atomic mass is 10.0. The average molecular weight is 271 g/mol. The molecule has 2 rings (SSSR count). The molecule has 0 spiro atoms. The van der Waals surface area contributed by atoms with E-state index in [-0.39, 0.29) is 6.61 Å². The van der Waals surface area contributed by atoms with E-state index in [0.29, 0.717) is 6.42 Å². The van der Waals surface area contributed by atoms with Gasteiger partial charge in [-0.15, -0.1) is 0 Å². The van der Waals surface area contributed by atoms with Gasteiger partial charge in [-0.1, -0.05) is 54.6 Å². The molecule has 0 aliphatic carbocycles. The van der Waals surface area contributed by atoms with Crippen molar-refractivity contribution in [1.29, 1.82) is 0 Å². The minimum absolute atomic E-state index is 0.216. The van der Waals surface area contributed by atoms with E-state index in [9.17, 15) is 4.79 Å². The number of amides is 1. The lowest BCUT2D eigenvalue weighted by molar-refractivity contribution is 0.177. The number of benzene rings is 2. The van der Waals surface area contributed by atoms with E-state index in [1.807, 2.05) is 54.6 Å². The summed E-state index contributed by atoms with van der Waals surface area (Å²) in [6.07, 6.45) is -0.650. The largest absolute Gasteiger partial charge is 0.465 e. The van der Waals surface area contributed by atoms with Crippen molar-refractivity contribution in [2.75, 3.05) is 6.61 Å². The van der Waals surface area contributed by atoms with Gasteiger partial charge < -0.3 is 15.5 Å². The molecule has 0 heterocycles. The summed E-state index contributed by atoms with van der Waals surface area (Å²) in [5, 5.41) is 20.1. The van der Waals surface area contributed by atoms with E-state index in [0.717, 1.165) is 16.7 Å². The molecule has 0 aromatic heterocycles. The summed E-state index contributed by atoms with van der Waals surface area (Å²) in [7, 11) is 0. The molecular weight excluding hydrogens is 254 g/mol. The first-order valence-corrected chi connectivity index (χ1v) is 6.43. The Kier molecular flexibility index (Phi) is 4.74. The van der Waals surface area contributed by atoms with Crippen LogP contribution in [-0.4, -0.2) is 29.0 Å². The zero-order chi connectivity index (χ0) is 14.4. The van der Waals surface area contributed by atoms with Gasteiger partial charge in [-0.3, -0.25) is 0 Å². The maximum atomic E-state index is 10.6. The molecule has 0 aliphatic heterocycles. The maximum absolute atomic E-state index is 10.6. The van der Waals surface area contributed by atoms with E-state index < -0.39 is 12.1 Å². The Hall–Kier alpha value is -2.33. The molecule has 0 unspecified atom stereocenters. The van der Waals surface area contributed by atoms with Crippen LogP contribution in [0.2, 0.25) is 0 Å². The topological polar surface area (TPSA) is 69.6 Å². The molecule has 4 heteroatoms. The molecule has 0 saturated heterocycles. The Morgan fingerprint density at radius 1 is 1.00 bits per heavy atom. The third-order valence-corrected chi connectivity index (χ3v) is 3.09. The highest BCUT2D eigenvalue weighted by Crippen LogP contribution is 2.19. The van der Waals surface area contributed by atoms with Gasteiger partial charge in [-0.05, 0) is 23.1 Å². The van der Waals surface area contributed by atoms with Crippen LogP contribution in [0.5, 0.6) is 0 Å². The average Bonchev–Trinajstić information content (AvgIpc) is 2.48. The van der Waals surface area contributed by atoms with Gasteiger partial charge in [0.1, 0.15) is 0 Å². The van der Waals surface area contributed by atoms with Crippen molar-refractivity contribution >= 4 is 6.09 Å². The van der Waals surface area contributed by atoms with Crippen molar-refractivity contribution in [2.24, 2.45) is 0 Å². The monoisotopic (exact) mass is 271 g/mol. The summed E-state index contributed by atoms with van der Waals surface area (Å²) in [5.74, 6) is 0. The smallest absolute Gasteiger partial charge is 0.404 e. The molecule has 2 aromatic rings. The summed E-state index contributed by atoms with van der Waals surface area (Å²) in [6.45, 7) is -0.216. The zero-order valence-corrected chi connectivity index (χ0v) is 11.0. The summed E-state index contributed by atoms with van der Waals surface area (Å²) >= 11 is 0. The third-order valence-electron chi connectivity index (χ3n) is 3.09. The standard InChI is InChI=1S/C16H17NO3/c18-11-15(17-16(19)20)10-12-6-8-14(9-7-12)13-4-2-1-3-5-13/h1-9,15,17-18H,10-11H2,(H,19,20)/t15-/m1/s1. The predicted molar refractivity (Wildman–Crippen MR) is 77.6 cm³/mol. The fraction of sp³-hybridized carbons (Fsp3) is 0.188. The summed E-state index contributed by atoms with van der Waals surface area (Å²) in [4.78, 5) is 10.6. The molecule has 3 N–H and O–H groups in total. The van der Waals surface area contributed by atoms with Crippen LogP contribution in [0, 0.1) is 0 Å². The Labute approximate surface area is 117 Å². The Morgan fingerprint density at radius 3 is 2.15 bits per heavy atom. The lowest BCUT2D eigenvalue weighted by Gasteiger charge is -2.14. The molecule has 4 nitrogen and oxygen atoms in total. The quantitative estimate of drug-likeness (QED) is 0.782. The van der Waals surface area contributed by atoms with Crippen LogP contribution in [0.25, 0.3) is 11.1 Å². The first kappa shape index (κ1) is 14.1. The van der Waals surface area contributed by atoms with Gasteiger partial charge in [0.05, 0.1) is 12.6 Å². The van der Waals surface area contributed by atoms with E-state index in [2.05, 4.69) is 5.32 Å². The Bertz CT molecular complexity index is 552. The Morgan fingerprint density at radius 2 is 1.60 bits per heavy atom. The summed E-state index contributed by atoms with van der Waals surface area (Å²) < 4.78 is 0.